The van der Waals surface area contributed by atoms with E-state index in [0.717, 1.165) is 22.6 Å². The van der Waals surface area contributed by atoms with Crippen molar-refractivity contribution in [1.29, 1.82) is 0 Å². The van der Waals surface area contributed by atoms with Crippen LogP contribution in [0.1, 0.15) is 30.8 Å². The molecule has 1 atom stereocenters. The van der Waals surface area contributed by atoms with Crippen molar-refractivity contribution in [2.75, 3.05) is 7.05 Å². The molecule has 5 heteroatoms. The van der Waals surface area contributed by atoms with E-state index in [2.05, 4.69) is 28.2 Å². The Bertz CT molecular complexity index is 996. The van der Waals surface area contributed by atoms with Crippen LogP contribution in [0.5, 0.6) is 0 Å². The third-order valence-corrected chi connectivity index (χ3v) is 4.98. The second kappa shape index (κ2) is 6.67. The molecule has 1 N–H and O–H groups in total. The Balaban J connectivity index is 1.43. The predicted molar refractivity (Wildman–Crippen MR) is 103 cm³/mol. The summed E-state index contributed by atoms with van der Waals surface area (Å²) in [4.78, 5) is 22.4. The number of pyridine rings is 1. The van der Waals surface area contributed by atoms with E-state index in [-0.39, 0.29) is 11.9 Å². The molecule has 0 aliphatic rings. The van der Waals surface area contributed by atoms with E-state index >= 15 is 0 Å². The van der Waals surface area contributed by atoms with Crippen molar-refractivity contribution in [1.82, 2.24) is 19.3 Å². The lowest BCUT2D eigenvalue weighted by atomic mass is 10.1. The maximum atomic E-state index is 12.6. The third-order valence-electron chi connectivity index (χ3n) is 4.98. The van der Waals surface area contributed by atoms with Gasteiger partial charge in [0.25, 0.3) is 0 Å². The van der Waals surface area contributed by atoms with Crippen molar-refractivity contribution in [3.8, 4) is 0 Å². The molecule has 26 heavy (non-hydrogen) atoms. The lowest BCUT2D eigenvalue weighted by Gasteiger charge is -2.24. The molecule has 0 radical (unpaired) electrons. The summed E-state index contributed by atoms with van der Waals surface area (Å²) in [6.45, 7) is 2.05. The molecule has 0 spiro atoms. The number of nitrogens with zero attached hydrogens (tertiary/aromatic N) is 3. The average molecular weight is 346 g/mol. The lowest BCUT2D eigenvalue weighted by molar-refractivity contribution is -0.131. The van der Waals surface area contributed by atoms with Gasteiger partial charge in [0, 0.05) is 37.1 Å². The van der Waals surface area contributed by atoms with Crippen LogP contribution in [0, 0.1) is 0 Å². The highest BCUT2D eigenvalue weighted by molar-refractivity contribution is 5.81. The van der Waals surface area contributed by atoms with Crippen LogP contribution in [0.25, 0.3) is 16.6 Å². The molecular formula is C21H22N4O. The zero-order chi connectivity index (χ0) is 18.1. The van der Waals surface area contributed by atoms with Gasteiger partial charge < -0.3 is 14.3 Å². The molecule has 0 saturated heterocycles. The Hall–Kier alpha value is -3.08. The first-order valence-corrected chi connectivity index (χ1v) is 8.88. The number of benzene rings is 1. The fourth-order valence-corrected chi connectivity index (χ4v) is 3.26. The van der Waals surface area contributed by atoms with Gasteiger partial charge in [-0.2, -0.15) is 0 Å². The summed E-state index contributed by atoms with van der Waals surface area (Å²) in [6, 6.07) is 16.2. The van der Waals surface area contributed by atoms with Crippen LogP contribution >= 0.6 is 0 Å². The highest BCUT2D eigenvalue weighted by atomic mass is 16.2. The maximum Gasteiger partial charge on any atom is 0.223 e. The van der Waals surface area contributed by atoms with Crippen molar-refractivity contribution >= 4 is 22.5 Å². The number of H-pyrrole nitrogens is 1. The first-order valence-electron chi connectivity index (χ1n) is 8.88. The topological polar surface area (TPSA) is 53.4 Å². The highest BCUT2D eigenvalue weighted by Crippen LogP contribution is 2.23. The fourth-order valence-electron chi connectivity index (χ4n) is 3.26. The Labute approximate surface area is 152 Å². The minimum Gasteiger partial charge on any atom is -0.357 e. The Morgan fingerprint density at radius 3 is 2.85 bits per heavy atom. The molecule has 0 saturated carbocycles. The minimum atomic E-state index is -0.00373. The number of fused-ring (bicyclic) bond motifs is 2. The summed E-state index contributed by atoms with van der Waals surface area (Å²) in [5.41, 5.74) is 4.00. The van der Waals surface area contributed by atoms with Crippen molar-refractivity contribution in [3.05, 3.63) is 72.3 Å². The second-order valence-corrected chi connectivity index (χ2v) is 6.69. The molecule has 4 aromatic rings. The number of aryl methyl sites for hydroxylation is 1. The van der Waals surface area contributed by atoms with Gasteiger partial charge in [-0.05, 0) is 43.0 Å². The second-order valence-electron chi connectivity index (χ2n) is 6.69. The zero-order valence-electron chi connectivity index (χ0n) is 15.0. The highest BCUT2D eigenvalue weighted by Gasteiger charge is 2.19. The number of carbonyl (C=O) groups is 1. The summed E-state index contributed by atoms with van der Waals surface area (Å²) in [5, 5.41) is 1.17. The fraction of sp³-hybridized carbons (Fsp3) is 0.238. The van der Waals surface area contributed by atoms with Crippen LogP contribution in [0.3, 0.4) is 0 Å². The van der Waals surface area contributed by atoms with E-state index < -0.39 is 0 Å². The van der Waals surface area contributed by atoms with Gasteiger partial charge in [-0.15, -0.1) is 0 Å². The first kappa shape index (κ1) is 16.4. The van der Waals surface area contributed by atoms with Crippen LogP contribution < -0.4 is 0 Å². The van der Waals surface area contributed by atoms with Gasteiger partial charge in [0.2, 0.25) is 5.91 Å². The number of hydrogen-bond acceptors (Lipinski definition) is 2. The Morgan fingerprint density at radius 2 is 2.04 bits per heavy atom. The third kappa shape index (κ3) is 3.08. The van der Waals surface area contributed by atoms with Crippen LogP contribution in [-0.4, -0.2) is 32.2 Å². The molecule has 0 aliphatic carbocycles. The van der Waals surface area contributed by atoms with Crippen molar-refractivity contribution in [3.63, 3.8) is 0 Å². The number of aromatic amines is 1. The number of nitrogens with one attached hydrogen (secondary N) is 1. The van der Waals surface area contributed by atoms with Crippen LogP contribution in [0.2, 0.25) is 0 Å². The minimum absolute atomic E-state index is 0.00373. The van der Waals surface area contributed by atoms with E-state index in [1.165, 1.54) is 5.39 Å². The number of para-hydroxylation sites is 1. The van der Waals surface area contributed by atoms with E-state index in [9.17, 15) is 4.79 Å². The van der Waals surface area contributed by atoms with Gasteiger partial charge >= 0.3 is 0 Å². The van der Waals surface area contributed by atoms with E-state index in [1.807, 2.05) is 61.1 Å². The quantitative estimate of drug-likeness (QED) is 0.594. The largest absolute Gasteiger partial charge is 0.357 e. The molecule has 3 heterocycles. The predicted octanol–water partition coefficient (Wildman–Crippen LogP) is 3.97. The number of carbonyl (C=O) groups excluding carboxylic acids is 1. The van der Waals surface area contributed by atoms with Crippen LogP contribution in [0.15, 0.2) is 60.9 Å². The molecule has 1 aromatic carbocycles. The molecule has 1 amide bonds. The average Bonchev–Trinajstić information content (AvgIpc) is 3.28. The van der Waals surface area contributed by atoms with Gasteiger partial charge in [0.05, 0.1) is 11.7 Å². The summed E-state index contributed by atoms with van der Waals surface area (Å²) in [6.07, 6.45) is 5.05. The van der Waals surface area contributed by atoms with E-state index in [4.69, 9.17) is 0 Å². The smallest absolute Gasteiger partial charge is 0.223 e. The van der Waals surface area contributed by atoms with Gasteiger partial charge in [0.1, 0.15) is 5.65 Å². The molecule has 0 fully saturated rings. The summed E-state index contributed by atoms with van der Waals surface area (Å²) >= 11 is 0. The number of rotatable bonds is 5. The molecule has 0 bridgehead atoms. The summed E-state index contributed by atoms with van der Waals surface area (Å²) < 4.78 is 1.98. The summed E-state index contributed by atoms with van der Waals surface area (Å²) in [5.74, 6) is 0.119. The van der Waals surface area contributed by atoms with Gasteiger partial charge in [-0.3, -0.25) is 4.79 Å². The summed E-state index contributed by atoms with van der Waals surface area (Å²) in [7, 11) is 1.86. The van der Waals surface area contributed by atoms with Gasteiger partial charge in [0.15, 0.2) is 0 Å². The van der Waals surface area contributed by atoms with Crippen molar-refractivity contribution in [2.24, 2.45) is 0 Å². The van der Waals surface area contributed by atoms with E-state index in [1.54, 1.807) is 4.90 Å². The zero-order valence-corrected chi connectivity index (χ0v) is 15.0. The molecule has 0 aliphatic heterocycles. The van der Waals surface area contributed by atoms with Crippen molar-refractivity contribution in [2.45, 2.75) is 25.8 Å². The van der Waals surface area contributed by atoms with E-state index in [0.29, 0.717) is 12.8 Å². The van der Waals surface area contributed by atoms with Crippen LogP contribution in [-0.2, 0) is 11.2 Å². The number of imidazole rings is 1. The standard InChI is InChI=1S/C21H22N4O/c1-15(19-13-16-7-3-4-8-18(16)23-19)24(2)21(26)11-10-17-14-25-12-6-5-9-20(25)22-17/h3-9,12-15,23H,10-11H2,1-2H3/t15-/m1/s1. The maximum absolute atomic E-state index is 12.6. The van der Waals surface area contributed by atoms with Gasteiger partial charge in [-0.1, -0.05) is 24.3 Å². The number of hydrogen-bond donors (Lipinski definition) is 1. The van der Waals surface area contributed by atoms with Gasteiger partial charge in [-0.25, -0.2) is 4.98 Å². The normalized spacial score (nSPS) is 12.5. The Morgan fingerprint density at radius 1 is 1.23 bits per heavy atom. The molecule has 3 aromatic heterocycles. The number of amides is 1. The monoisotopic (exact) mass is 346 g/mol. The molecule has 5 nitrogen and oxygen atoms in total. The Kier molecular flexibility index (Phi) is 4.21. The van der Waals surface area contributed by atoms with Crippen LogP contribution in [0.4, 0.5) is 0 Å². The number of aromatic nitrogens is 3. The van der Waals surface area contributed by atoms with Crippen molar-refractivity contribution < 1.29 is 4.79 Å². The molecular weight excluding hydrogens is 324 g/mol. The lowest BCUT2D eigenvalue weighted by Crippen LogP contribution is -2.30. The molecule has 0 unspecified atom stereocenters. The molecule has 132 valence electrons. The SMILES string of the molecule is C[C@H](c1cc2ccccc2[nH]1)N(C)C(=O)CCc1cn2ccccc2n1. The first-order chi connectivity index (χ1) is 12.6. The molecule has 4 rings (SSSR count).